The van der Waals surface area contributed by atoms with Gasteiger partial charge in [0, 0.05) is 6.54 Å². The number of hydrogen-bond donors (Lipinski definition) is 1. The summed E-state index contributed by atoms with van der Waals surface area (Å²) in [5.74, 6) is 0.386. The van der Waals surface area contributed by atoms with Crippen LogP contribution in [0.4, 0.5) is 0 Å². The van der Waals surface area contributed by atoms with Gasteiger partial charge in [-0.05, 0) is 20.8 Å². The number of hydrogen-bond acceptors (Lipinski definition) is 10. The Bertz CT molecular complexity index is 567. The first-order chi connectivity index (χ1) is 11.5. The predicted molar refractivity (Wildman–Crippen MR) is 90.3 cm³/mol. The van der Waals surface area contributed by atoms with Crippen molar-refractivity contribution in [1.82, 2.24) is 4.90 Å². The molecule has 0 amide bonds. The van der Waals surface area contributed by atoms with Gasteiger partial charge in [0.1, 0.15) is 17.9 Å². The van der Waals surface area contributed by atoms with Crippen LogP contribution in [-0.2, 0) is 23.4 Å². The summed E-state index contributed by atoms with van der Waals surface area (Å²) in [6.07, 6.45) is 0.754. The molecule has 0 saturated carbocycles. The zero-order valence-electron chi connectivity index (χ0n) is 14.1. The number of nitrogens with two attached hydrogens (primary N) is 1. The first-order valence-corrected chi connectivity index (χ1v) is 9.52. The van der Waals surface area contributed by atoms with Gasteiger partial charge in [0.25, 0.3) is 0 Å². The number of nitrogens with zero attached hydrogens (tertiary/aromatic N) is 4. The SMILES string of the molecule is CCOOP(=O)(COC(C)CN1CN=C2C(N)=NC=NC21)OCC. The molecule has 136 valence electrons. The van der Waals surface area contributed by atoms with Crippen molar-refractivity contribution in [2.45, 2.75) is 33.0 Å². The molecule has 10 nitrogen and oxygen atoms in total. The lowest BCUT2D eigenvalue weighted by molar-refractivity contribution is -0.213. The van der Waals surface area contributed by atoms with E-state index in [1.165, 1.54) is 6.34 Å². The smallest absolute Gasteiger partial charge is 0.382 e. The highest BCUT2D eigenvalue weighted by Crippen LogP contribution is 2.48. The summed E-state index contributed by atoms with van der Waals surface area (Å²) in [5, 5.41) is 0. The number of ether oxygens (including phenoxy) is 1. The minimum Gasteiger partial charge on any atom is -0.382 e. The van der Waals surface area contributed by atoms with Crippen LogP contribution in [0, 0.1) is 0 Å². The second-order valence-electron chi connectivity index (χ2n) is 5.22. The second-order valence-corrected chi connectivity index (χ2v) is 7.11. The lowest BCUT2D eigenvalue weighted by Crippen LogP contribution is -2.44. The number of aliphatic imine (C=N–C) groups is 3. The van der Waals surface area contributed by atoms with Gasteiger partial charge in [-0.15, -0.1) is 4.67 Å². The van der Waals surface area contributed by atoms with Crippen molar-refractivity contribution in [3.05, 3.63) is 0 Å². The summed E-state index contributed by atoms with van der Waals surface area (Å²) in [6, 6.07) is 0. The summed E-state index contributed by atoms with van der Waals surface area (Å²) in [5.41, 5.74) is 6.47. The zero-order chi connectivity index (χ0) is 17.6. The van der Waals surface area contributed by atoms with Crippen LogP contribution in [0.1, 0.15) is 20.8 Å². The Morgan fingerprint density at radius 2 is 2.25 bits per heavy atom. The van der Waals surface area contributed by atoms with Crippen molar-refractivity contribution < 1.29 is 23.4 Å². The van der Waals surface area contributed by atoms with E-state index in [0.717, 1.165) is 0 Å². The van der Waals surface area contributed by atoms with Crippen LogP contribution in [0.2, 0.25) is 0 Å². The molecule has 0 radical (unpaired) electrons. The van der Waals surface area contributed by atoms with E-state index in [-0.39, 0.29) is 31.8 Å². The first-order valence-electron chi connectivity index (χ1n) is 7.79. The Kier molecular flexibility index (Phi) is 7.02. The summed E-state index contributed by atoms with van der Waals surface area (Å²) in [4.78, 5) is 19.3. The average molecular weight is 361 g/mol. The average Bonchev–Trinajstić information content (AvgIpc) is 2.96. The maximum Gasteiger partial charge on any atom is 0.382 e. The third-order valence-electron chi connectivity index (χ3n) is 3.30. The highest BCUT2D eigenvalue weighted by molar-refractivity contribution is 7.53. The van der Waals surface area contributed by atoms with Crippen LogP contribution in [-0.4, -0.2) is 67.8 Å². The van der Waals surface area contributed by atoms with Gasteiger partial charge in [0.05, 0.1) is 26.0 Å². The molecule has 0 aliphatic carbocycles. The summed E-state index contributed by atoms with van der Waals surface area (Å²) in [6.45, 7) is 6.80. The molecule has 0 aromatic carbocycles. The van der Waals surface area contributed by atoms with Crippen LogP contribution in [0.25, 0.3) is 0 Å². The highest BCUT2D eigenvalue weighted by Gasteiger charge is 2.34. The Hall–Kier alpha value is -1.16. The Labute approximate surface area is 141 Å². The van der Waals surface area contributed by atoms with Crippen LogP contribution in [0.3, 0.4) is 0 Å². The Morgan fingerprint density at radius 1 is 1.46 bits per heavy atom. The first kappa shape index (κ1) is 19.2. The molecule has 2 aliphatic rings. The number of rotatable bonds is 10. The summed E-state index contributed by atoms with van der Waals surface area (Å²) >= 11 is 0. The summed E-state index contributed by atoms with van der Waals surface area (Å²) < 4.78 is 28.0. The van der Waals surface area contributed by atoms with Gasteiger partial charge < -0.3 is 15.0 Å². The minimum atomic E-state index is -3.43. The molecule has 2 N–H and O–H groups in total. The van der Waals surface area contributed by atoms with Gasteiger partial charge in [-0.25, -0.2) is 14.9 Å². The van der Waals surface area contributed by atoms with E-state index in [1.807, 2.05) is 11.8 Å². The molecule has 0 bridgehead atoms. The van der Waals surface area contributed by atoms with E-state index in [9.17, 15) is 4.57 Å². The fraction of sp³-hybridized carbons (Fsp3) is 0.769. The van der Waals surface area contributed by atoms with E-state index in [0.29, 0.717) is 24.8 Å². The molecule has 24 heavy (non-hydrogen) atoms. The number of fused-ring (bicyclic) bond motifs is 1. The van der Waals surface area contributed by atoms with Crippen LogP contribution in [0.15, 0.2) is 15.0 Å². The molecule has 0 aromatic rings. The molecule has 0 fully saturated rings. The maximum atomic E-state index is 12.4. The summed E-state index contributed by atoms with van der Waals surface area (Å²) in [7, 11) is -3.43. The topological polar surface area (TPSA) is 120 Å². The molecular formula is C13H24N5O5P. The van der Waals surface area contributed by atoms with Crippen molar-refractivity contribution in [2.24, 2.45) is 20.7 Å². The van der Waals surface area contributed by atoms with Crippen molar-refractivity contribution in [1.29, 1.82) is 0 Å². The standard InChI is InChI=1S/C13H24N5O5P/c1-4-21-23-24(19,22-5-2)9-20-10(3)6-18-8-17-11-12(14)15-7-16-13(11)18/h7,10,13H,4-6,8-9H2,1-3H3,(H2,14,15,16). The number of amidine groups is 1. The highest BCUT2D eigenvalue weighted by atomic mass is 31.2. The van der Waals surface area contributed by atoms with Crippen LogP contribution < -0.4 is 5.73 Å². The largest absolute Gasteiger partial charge is 0.382 e. The third-order valence-corrected chi connectivity index (χ3v) is 4.75. The normalized spacial score (nSPS) is 24.2. The van der Waals surface area contributed by atoms with Gasteiger partial charge in [0.2, 0.25) is 0 Å². The Morgan fingerprint density at radius 3 is 2.96 bits per heavy atom. The quantitative estimate of drug-likeness (QED) is 0.350. The molecular weight excluding hydrogens is 337 g/mol. The van der Waals surface area contributed by atoms with Gasteiger partial charge in [-0.3, -0.25) is 14.5 Å². The minimum absolute atomic E-state index is 0.193. The van der Waals surface area contributed by atoms with Crippen molar-refractivity contribution >= 4 is 25.5 Å². The molecule has 2 aliphatic heterocycles. The fourth-order valence-corrected chi connectivity index (χ4v) is 3.53. The van der Waals surface area contributed by atoms with E-state index >= 15 is 0 Å². The lowest BCUT2D eigenvalue weighted by Gasteiger charge is -2.26. The van der Waals surface area contributed by atoms with E-state index < -0.39 is 7.60 Å². The monoisotopic (exact) mass is 361 g/mol. The third kappa shape index (κ3) is 4.92. The van der Waals surface area contributed by atoms with Crippen LogP contribution >= 0.6 is 7.60 Å². The van der Waals surface area contributed by atoms with Gasteiger partial charge in [-0.2, -0.15) is 0 Å². The molecule has 0 aromatic heterocycles. The predicted octanol–water partition coefficient (Wildman–Crippen LogP) is 0.986. The molecule has 3 unspecified atom stereocenters. The molecule has 0 saturated heterocycles. The van der Waals surface area contributed by atoms with Crippen molar-refractivity contribution in [3.8, 4) is 0 Å². The lowest BCUT2D eigenvalue weighted by atomic mass is 10.2. The van der Waals surface area contributed by atoms with Crippen LogP contribution in [0.5, 0.6) is 0 Å². The molecule has 0 spiro atoms. The van der Waals surface area contributed by atoms with Crippen molar-refractivity contribution in [3.63, 3.8) is 0 Å². The van der Waals surface area contributed by atoms with Gasteiger partial charge in [-0.1, -0.05) is 0 Å². The molecule has 11 heteroatoms. The Balaban J connectivity index is 1.83. The molecule has 3 atom stereocenters. The van der Waals surface area contributed by atoms with E-state index in [2.05, 4.69) is 15.0 Å². The van der Waals surface area contributed by atoms with Gasteiger partial charge >= 0.3 is 7.60 Å². The second kappa shape index (κ2) is 8.80. The van der Waals surface area contributed by atoms with E-state index in [1.54, 1.807) is 13.8 Å². The van der Waals surface area contributed by atoms with Crippen molar-refractivity contribution in [2.75, 3.05) is 32.8 Å². The van der Waals surface area contributed by atoms with E-state index in [4.69, 9.17) is 24.6 Å². The van der Waals surface area contributed by atoms with Gasteiger partial charge in [0.15, 0.2) is 12.5 Å². The zero-order valence-corrected chi connectivity index (χ0v) is 15.0. The maximum absolute atomic E-state index is 12.4. The molecule has 2 rings (SSSR count). The fourth-order valence-electron chi connectivity index (χ4n) is 2.27. The molecule has 2 heterocycles.